The lowest BCUT2D eigenvalue weighted by Gasteiger charge is -2.04. The van der Waals surface area contributed by atoms with Crippen molar-refractivity contribution >= 4 is 57.5 Å². The first-order chi connectivity index (χ1) is 10.6. The first kappa shape index (κ1) is 17.0. The average molecular weight is 522 g/mol. The lowest BCUT2D eigenvalue weighted by Crippen LogP contribution is -2.18. The van der Waals surface area contributed by atoms with Crippen molar-refractivity contribution in [3.63, 3.8) is 0 Å². The molecule has 22 heavy (non-hydrogen) atoms. The van der Waals surface area contributed by atoms with Crippen molar-refractivity contribution in [1.82, 2.24) is 5.43 Å². The van der Waals surface area contributed by atoms with Gasteiger partial charge in [0, 0.05) is 0 Å². The Bertz CT molecular complexity index is 667. The number of rotatable bonds is 4. The Morgan fingerprint density at radius 2 is 1.86 bits per heavy atom. The fourth-order valence-electron chi connectivity index (χ4n) is 1.57. The highest BCUT2D eigenvalue weighted by Gasteiger charge is 2.05. The quantitative estimate of drug-likeness (QED) is 0.364. The van der Waals surface area contributed by atoms with Gasteiger partial charge in [0.25, 0.3) is 0 Å². The van der Waals surface area contributed by atoms with Crippen molar-refractivity contribution in [3.8, 4) is 5.75 Å². The van der Waals surface area contributed by atoms with Crippen molar-refractivity contribution in [2.75, 3.05) is 0 Å². The van der Waals surface area contributed by atoms with E-state index in [0.29, 0.717) is 0 Å². The minimum absolute atomic E-state index is 0.192. The van der Waals surface area contributed by atoms with Crippen molar-refractivity contribution in [3.05, 3.63) is 60.7 Å². The summed E-state index contributed by atoms with van der Waals surface area (Å²) in [5.41, 5.74) is 3.98. The Morgan fingerprint density at radius 3 is 2.50 bits per heavy atom. The number of benzene rings is 2. The van der Waals surface area contributed by atoms with Crippen LogP contribution < -0.4 is 5.43 Å². The number of halogens is 2. The average Bonchev–Trinajstić information content (AvgIpc) is 2.51. The van der Waals surface area contributed by atoms with E-state index in [2.05, 4.69) is 10.5 Å². The molecule has 0 heterocycles. The molecule has 0 saturated carbocycles. The smallest absolute Gasteiger partial charge is 0.428 e. The Balaban J connectivity index is 1.85. The molecular weight excluding hydrogens is 510 g/mol. The van der Waals surface area contributed by atoms with Gasteiger partial charge in [0.05, 0.1) is 13.4 Å². The molecule has 0 unspecified atom stereocenters. The fourth-order valence-corrected chi connectivity index (χ4v) is 3.39. The first-order valence-electron chi connectivity index (χ1n) is 6.24. The zero-order valence-corrected chi connectivity index (χ0v) is 15.6. The van der Waals surface area contributed by atoms with E-state index in [1.807, 2.05) is 75.5 Å². The predicted octanol–water partition coefficient (Wildman–Crippen LogP) is 3.86. The van der Waals surface area contributed by atoms with Gasteiger partial charge in [-0.3, -0.25) is 0 Å². The molecule has 0 aromatic heterocycles. The maximum Gasteiger partial charge on any atom is 0.428 e. The first-order valence-corrected chi connectivity index (χ1v) is 8.40. The molecule has 0 atom stereocenters. The zero-order valence-electron chi connectivity index (χ0n) is 11.3. The molecule has 0 spiro atoms. The van der Waals surface area contributed by atoms with E-state index in [0.717, 1.165) is 18.3 Å². The number of phenolic OH excluding ortho intramolecular Hbond substituents is 1. The Kier molecular flexibility index (Phi) is 6.43. The summed E-state index contributed by atoms with van der Waals surface area (Å²) < 4.78 is 6.47. The molecule has 0 radical (unpaired) electrons. The largest absolute Gasteiger partial charge is 0.506 e. The van der Waals surface area contributed by atoms with E-state index in [-0.39, 0.29) is 12.4 Å². The van der Waals surface area contributed by atoms with Crippen LogP contribution >= 0.6 is 45.2 Å². The number of ether oxygens (including phenoxy) is 1. The third-order valence-corrected chi connectivity index (χ3v) is 4.27. The minimum atomic E-state index is -0.622. The second-order valence-corrected chi connectivity index (χ2v) is 6.59. The van der Waals surface area contributed by atoms with Crippen LogP contribution in [0.15, 0.2) is 47.6 Å². The maximum absolute atomic E-state index is 11.5. The van der Waals surface area contributed by atoms with Crippen LogP contribution in [0.1, 0.15) is 11.1 Å². The molecule has 1 amide bonds. The van der Waals surface area contributed by atoms with E-state index in [4.69, 9.17) is 4.74 Å². The second kappa shape index (κ2) is 8.32. The number of nitrogens with one attached hydrogen (secondary N) is 1. The summed E-state index contributed by atoms with van der Waals surface area (Å²) in [5, 5.41) is 13.5. The molecule has 0 aliphatic heterocycles. The molecule has 2 rings (SSSR count). The third kappa shape index (κ3) is 5.13. The number of hydrogen-bond acceptors (Lipinski definition) is 4. The second-order valence-electron chi connectivity index (χ2n) is 4.26. The lowest BCUT2D eigenvalue weighted by molar-refractivity contribution is 0.140. The number of carbonyl (C=O) groups is 1. The van der Waals surface area contributed by atoms with Crippen molar-refractivity contribution in [2.24, 2.45) is 5.10 Å². The van der Waals surface area contributed by atoms with Crippen LogP contribution in [0.2, 0.25) is 0 Å². The summed E-state index contributed by atoms with van der Waals surface area (Å²) in [7, 11) is 0. The molecule has 0 fully saturated rings. The van der Waals surface area contributed by atoms with Crippen LogP contribution in [0.25, 0.3) is 0 Å². The number of nitrogens with zero attached hydrogens (tertiary/aromatic N) is 1. The Labute approximate surface area is 155 Å². The number of hydrogen-bond donors (Lipinski definition) is 2. The highest BCUT2D eigenvalue weighted by molar-refractivity contribution is 14.1. The summed E-state index contributed by atoms with van der Waals surface area (Å²) in [6.45, 7) is 0.192. The van der Waals surface area contributed by atoms with E-state index >= 15 is 0 Å². The number of carbonyl (C=O) groups excluding carboxylic acids is 1. The molecule has 114 valence electrons. The topological polar surface area (TPSA) is 70.9 Å². The van der Waals surface area contributed by atoms with E-state index < -0.39 is 6.09 Å². The van der Waals surface area contributed by atoms with Crippen LogP contribution in [0.4, 0.5) is 4.79 Å². The van der Waals surface area contributed by atoms with Gasteiger partial charge in [-0.2, -0.15) is 5.10 Å². The maximum atomic E-state index is 11.5. The van der Waals surface area contributed by atoms with Crippen LogP contribution in [-0.4, -0.2) is 17.4 Å². The monoisotopic (exact) mass is 522 g/mol. The molecule has 2 aromatic carbocycles. The zero-order chi connectivity index (χ0) is 15.9. The summed E-state index contributed by atoms with van der Waals surface area (Å²) in [6.07, 6.45) is 0.872. The minimum Gasteiger partial charge on any atom is -0.506 e. The molecule has 0 aliphatic carbocycles. The van der Waals surface area contributed by atoms with Crippen LogP contribution in [0, 0.1) is 7.14 Å². The predicted molar refractivity (Wildman–Crippen MR) is 101 cm³/mol. The molecule has 0 saturated heterocycles. The van der Waals surface area contributed by atoms with Crippen molar-refractivity contribution in [2.45, 2.75) is 6.61 Å². The van der Waals surface area contributed by atoms with Gasteiger partial charge in [-0.05, 0) is 68.4 Å². The standard InChI is InChI=1S/C15H12I2N2O3/c16-12-6-11(7-13(17)14(12)20)8-18-19-15(21)22-9-10-4-2-1-3-5-10/h1-8,20H,9H2,(H,19,21)/b18-8+. The molecule has 0 bridgehead atoms. The van der Waals surface area contributed by atoms with Gasteiger partial charge in [0.1, 0.15) is 12.4 Å². The van der Waals surface area contributed by atoms with Gasteiger partial charge >= 0.3 is 6.09 Å². The highest BCUT2D eigenvalue weighted by Crippen LogP contribution is 2.26. The number of amides is 1. The summed E-state index contributed by atoms with van der Waals surface area (Å²) >= 11 is 4.06. The summed E-state index contributed by atoms with van der Waals surface area (Å²) in [6, 6.07) is 12.9. The molecule has 0 aliphatic rings. The van der Waals surface area contributed by atoms with Crippen LogP contribution in [0.5, 0.6) is 5.75 Å². The van der Waals surface area contributed by atoms with Gasteiger partial charge < -0.3 is 9.84 Å². The molecular formula is C15H12I2N2O3. The van der Waals surface area contributed by atoms with Crippen LogP contribution in [0.3, 0.4) is 0 Å². The lowest BCUT2D eigenvalue weighted by atomic mass is 10.2. The van der Waals surface area contributed by atoms with Gasteiger partial charge in [-0.25, -0.2) is 10.2 Å². The van der Waals surface area contributed by atoms with Gasteiger partial charge in [-0.15, -0.1) is 0 Å². The molecule has 5 nitrogen and oxygen atoms in total. The fraction of sp³-hybridized carbons (Fsp3) is 0.0667. The van der Waals surface area contributed by atoms with Gasteiger partial charge in [0.2, 0.25) is 0 Å². The summed E-state index contributed by atoms with van der Waals surface area (Å²) in [5.74, 6) is 0.244. The molecule has 2 aromatic rings. The van der Waals surface area contributed by atoms with Crippen LogP contribution in [-0.2, 0) is 11.3 Å². The Morgan fingerprint density at radius 1 is 1.23 bits per heavy atom. The molecule has 7 heteroatoms. The van der Waals surface area contributed by atoms with Gasteiger partial charge in [-0.1, -0.05) is 30.3 Å². The summed E-state index contributed by atoms with van der Waals surface area (Å²) in [4.78, 5) is 11.5. The SMILES string of the molecule is O=C(N/N=C/c1cc(I)c(O)c(I)c1)OCc1ccccc1. The molecule has 2 N–H and O–H groups in total. The van der Waals surface area contributed by atoms with Crippen molar-refractivity contribution in [1.29, 1.82) is 0 Å². The van der Waals surface area contributed by atoms with Gasteiger partial charge in [0.15, 0.2) is 0 Å². The number of hydrazone groups is 1. The highest BCUT2D eigenvalue weighted by atomic mass is 127. The Hall–Kier alpha value is -1.36. The number of aromatic hydroxyl groups is 1. The van der Waals surface area contributed by atoms with E-state index in [1.165, 1.54) is 6.21 Å². The normalized spacial score (nSPS) is 10.6. The van der Waals surface area contributed by atoms with E-state index in [1.54, 1.807) is 12.1 Å². The van der Waals surface area contributed by atoms with E-state index in [9.17, 15) is 9.90 Å². The number of phenols is 1. The third-order valence-electron chi connectivity index (χ3n) is 2.62. The van der Waals surface area contributed by atoms with Crippen molar-refractivity contribution < 1.29 is 14.6 Å².